The smallest absolute Gasteiger partial charge is 0.410 e. The Hall–Kier alpha value is -3.60. The summed E-state index contributed by atoms with van der Waals surface area (Å²) >= 11 is 0. The molecule has 1 aliphatic rings. The average molecular weight is 644 g/mol. The van der Waals surface area contributed by atoms with Gasteiger partial charge in [0.1, 0.15) is 11.4 Å². The van der Waals surface area contributed by atoms with Gasteiger partial charge in [-0.25, -0.2) is 18.0 Å². The molecular weight excluding hydrogens is 595 g/mol. The number of ether oxygens (including phenoxy) is 1. The quantitative estimate of drug-likeness (QED) is 0.207. The van der Waals surface area contributed by atoms with Crippen molar-refractivity contribution in [3.05, 3.63) is 59.9 Å². The fourth-order valence-corrected chi connectivity index (χ4v) is 6.24. The Morgan fingerprint density at radius 3 is 2.39 bits per heavy atom. The van der Waals surface area contributed by atoms with Crippen molar-refractivity contribution in [2.24, 2.45) is 5.92 Å². The van der Waals surface area contributed by atoms with Crippen molar-refractivity contribution in [3.8, 4) is 11.1 Å². The van der Waals surface area contributed by atoms with Crippen molar-refractivity contribution >= 4 is 17.5 Å². The molecular formula is C35H48F3N5O3. The molecule has 8 nitrogen and oxygen atoms in total. The Balaban J connectivity index is 1.54. The van der Waals surface area contributed by atoms with Crippen LogP contribution in [0.15, 0.2) is 42.9 Å². The molecule has 252 valence electrons. The van der Waals surface area contributed by atoms with Crippen LogP contribution in [0.5, 0.6) is 0 Å². The minimum atomic E-state index is -2.71. The molecule has 4 rings (SSSR count). The lowest BCUT2D eigenvalue weighted by Gasteiger charge is -2.46. The largest absolute Gasteiger partial charge is 0.444 e. The van der Waals surface area contributed by atoms with Gasteiger partial charge < -0.3 is 18.9 Å². The maximum absolute atomic E-state index is 14.5. The number of nitrogens with zero attached hydrogens (tertiary/aromatic N) is 5. The molecule has 1 aliphatic heterocycles. The first kappa shape index (κ1) is 35.3. The van der Waals surface area contributed by atoms with Gasteiger partial charge in [0.05, 0.1) is 23.8 Å². The van der Waals surface area contributed by atoms with Crippen molar-refractivity contribution in [2.45, 2.75) is 91.3 Å². The van der Waals surface area contributed by atoms with Crippen molar-refractivity contribution in [1.82, 2.24) is 24.1 Å². The van der Waals surface area contributed by atoms with E-state index in [0.29, 0.717) is 29.6 Å². The number of halogens is 3. The van der Waals surface area contributed by atoms with Gasteiger partial charge in [-0.3, -0.25) is 14.7 Å². The number of likely N-dealkylation sites (tertiary alicyclic amines) is 1. The van der Waals surface area contributed by atoms with Crippen molar-refractivity contribution < 1.29 is 27.5 Å². The second-order valence-electron chi connectivity index (χ2n) is 14.0. The predicted molar refractivity (Wildman–Crippen MR) is 174 cm³/mol. The lowest BCUT2D eigenvalue weighted by Crippen LogP contribution is -2.53. The lowest BCUT2D eigenvalue weighted by molar-refractivity contribution is 0.0274. The summed E-state index contributed by atoms with van der Waals surface area (Å²) in [5, 5.41) is 0. The van der Waals surface area contributed by atoms with Gasteiger partial charge in [0, 0.05) is 68.3 Å². The van der Waals surface area contributed by atoms with E-state index in [9.17, 15) is 22.8 Å². The molecule has 2 amide bonds. The molecule has 0 radical (unpaired) electrons. The number of benzene rings is 1. The molecule has 3 aromatic rings. The SMILES string of the molecule is CC(C)C(CCCN(C)C(=O)OC(C)(C)C)N1CC(c2cc(-c3ccc(F)cc3C(=O)N(CC(F)F)C(C)C)c3cnccn23)C1. The third kappa shape index (κ3) is 8.21. The number of amides is 2. The number of carbonyl (C=O) groups is 2. The summed E-state index contributed by atoms with van der Waals surface area (Å²) in [7, 11) is 1.77. The Kier molecular flexibility index (Phi) is 11.1. The highest BCUT2D eigenvalue weighted by molar-refractivity contribution is 6.03. The number of aromatic nitrogens is 2. The van der Waals surface area contributed by atoms with E-state index in [1.54, 1.807) is 44.3 Å². The van der Waals surface area contributed by atoms with E-state index in [0.717, 1.165) is 48.1 Å². The highest BCUT2D eigenvalue weighted by Crippen LogP contribution is 2.38. The van der Waals surface area contributed by atoms with E-state index in [1.807, 2.05) is 33.0 Å². The summed E-state index contributed by atoms with van der Waals surface area (Å²) in [5.74, 6) is -0.621. The van der Waals surface area contributed by atoms with Crippen LogP contribution >= 0.6 is 0 Å². The third-order valence-corrected chi connectivity index (χ3v) is 8.59. The zero-order valence-electron chi connectivity index (χ0n) is 28.3. The molecule has 46 heavy (non-hydrogen) atoms. The summed E-state index contributed by atoms with van der Waals surface area (Å²) in [4.78, 5) is 35.5. The van der Waals surface area contributed by atoms with E-state index < -0.39 is 36.3 Å². The number of rotatable bonds is 12. The van der Waals surface area contributed by atoms with Crippen LogP contribution in [0.25, 0.3) is 16.6 Å². The van der Waals surface area contributed by atoms with Crippen molar-refractivity contribution in [1.29, 1.82) is 0 Å². The van der Waals surface area contributed by atoms with Crippen LogP contribution in [-0.4, -0.2) is 93.4 Å². The van der Waals surface area contributed by atoms with Gasteiger partial charge in [-0.15, -0.1) is 0 Å². The Labute approximate surface area is 270 Å². The van der Waals surface area contributed by atoms with Crippen LogP contribution in [0, 0.1) is 11.7 Å². The molecule has 2 aromatic heterocycles. The first-order chi connectivity index (χ1) is 21.6. The van der Waals surface area contributed by atoms with Gasteiger partial charge in [0.25, 0.3) is 12.3 Å². The molecule has 3 heterocycles. The van der Waals surface area contributed by atoms with Gasteiger partial charge in [0.2, 0.25) is 0 Å². The Morgan fingerprint density at radius 1 is 1.09 bits per heavy atom. The fraction of sp³-hybridized carbons (Fsp3) is 0.571. The summed E-state index contributed by atoms with van der Waals surface area (Å²) in [6.07, 6.45) is 4.05. The Morgan fingerprint density at radius 2 is 1.78 bits per heavy atom. The van der Waals surface area contributed by atoms with Crippen LogP contribution in [-0.2, 0) is 4.74 Å². The van der Waals surface area contributed by atoms with Gasteiger partial charge in [0.15, 0.2) is 0 Å². The summed E-state index contributed by atoms with van der Waals surface area (Å²) in [5.41, 5.74) is 2.50. The van der Waals surface area contributed by atoms with Gasteiger partial charge in [-0.2, -0.15) is 0 Å². The van der Waals surface area contributed by atoms with Crippen molar-refractivity contribution in [3.63, 3.8) is 0 Å². The monoisotopic (exact) mass is 643 g/mol. The molecule has 1 unspecified atom stereocenters. The normalized spacial score (nSPS) is 15.1. The molecule has 1 aromatic carbocycles. The first-order valence-electron chi connectivity index (χ1n) is 16.1. The topological polar surface area (TPSA) is 70.4 Å². The molecule has 11 heteroatoms. The molecule has 0 N–H and O–H groups in total. The second-order valence-corrected chi connectivity index (χ2v) is 14.0. The van der Waals surface area contributed by atoms with E-state index >= 15 is 0 Å². The molecule has 1 saturated heterocycles. The van der Waals surface area contributed by atoms with E-state index in [2.05, 4.69) is 28.1 Å². The molecule has 1 fully saturated rings. The second kappa shape index (κ2) is 14.4. The van der Waals surface area contributed by atoms with Gasteiger partial charge in [-0.1, -0.05) is 19.9 Å². The molecule has 0 spiro atoms. The number of alkyl halides is 2. The van der Waals surface area contributed by atoms with E-state index in [1.165, 1.54) is 6.07 Å². The maximum atomic E-state index is 14.5. The Bertz CT molecular complexity index is 1510. The van der Waals surface area contributed by atoms with Gasteiger partial charge in [-0.05, 0) is 77.1 Å². The maximum Gasteiger partial charge on any atom is 0.410 e. The average Bonchev–Trinajstić information content (AvgIpc) is 3.31. The van der Waals surface area contributed by atoms with E-state index in [-0.39, 0.29) is 17.6 Å². The van der Waals surface area contributed by atoms with Gasteiger partial charge >= 0.3 is 6.09 Å². The number of fused-ring (bicyclic) bond motifs is 1. The molecule has 0 saturated carbocycles. The summed E-state index contributed by atoms with van der Waals surface area (Å²) in [6.45, 7) is 14.9. The number of hydrogen-bond donors (Lipinski definition) is 0. The molecule has 0 bridgehead atoms. The standard InChI is InChI=1S/C35H48F3N5O3/c1-22(2)29(10-9-14-40(8)34(45)46-35(5,6)7)41-19-24(20-41)30-17-27(31-18-39-13-15-42(30)31)26-12-11-25(36)16-28(26)33(44)43(23(3)4)21-32(37)38/h11-13,15-18,22-24,29,32H,9-10,14,19-21H2,1-8H3. The zero-order chi connectivity index (χ0) is 33.9. The highest BCUT2D eigenvalue weighted by Gasteiger charge is 2.37. The number of carbonyl (C=O) groups excluding carboxylic acids is 2. The predicted octanol–water partition coefficient (Wildman–Crippen LogP) is 7.33. The summed E-state index contributed by atoms with van der Waals surface area (Å²) in [6, 6.07) is 5.84. The minimum absolute atomic E-state index is 0.0451. The number of hydrogen-bond acceptors (Lipinski definition) is 5. The minimum Gasteiger partial charge on any atom is -0.444 e. The molecule has 0 aliphatic carbocycles. The van der Waals surface area contributed by atoms with Crippen LogP contribution in [0.4, 0.5) is 18.0 Å². The molecule has 1 atom stereocenters. The van der Waals surface area contributed by atoms with Crippen LogP contribution in [0.3, 0.4) is 0 Å². The van der Waals surface area contributed by atoms with Crippen LogP contribution in [0.2, 0.25) is 0 Å². The zero-order valence-corrected chi connectivity index (χ0v) is 28.3. The van der Waals surface area contributed by atoms with Crippen molar-refractivity contribution in [2.75, 3.05) is 33.2 Å². The van der Waals surface area contributed by atoms with Crippen LogP contribution in [0.1, 0.15) is 83.3 Å². The van der Waals surface area contributed by atoms with E-state index in [4.69, 9.17) is 4.74 Å². The van der Waals surface area contributed by atoms with Crippen LogP contribution < -0.4 is 0 Å². The summed E-state index contributed by atoms with van der Waals surface area (Å²) < 4.78 is 48.8. The lowest BCUT2D eigenvalue weighted by atomic mass is 9.88. The highest BCUT2D eigenvalue weighted by atomic mass is 19.3. The first-order valence-corrected chi connectivity index (χ1v) is 16.1. The fourth-order valence-electron chi connectivity index (χ4n) is 6.24. The third-order valence-electron chi connectivity index (χ3n) is 8.59.